The molecule has 0 aliphatic carbocycles. The molecule has 0 aromatic heterocycles. The Morgan fingerprint density at radius 1 is 1.56 bits per heavy atom. The number of aliphatic imine (C=N–C) groups is 1. The summed E-state index contributed by atoms with van der Waals surface area (Å²) < 4.78 is 0. The van der Waals surface area contributed by atoms with E-state index in [9.17, 15) is 0 Å². The van der Waals surface area contributed by atoms with Gasteiger partial charge in [0.15, 0.2) is 0 Å². The lowest BCUT2D eigenvalue weighted by molar-refractivity contribution is 1.45. The predicted octanol–water partition coefficient (Wildman–Crippen LogP) is 2.27. The van der Waals surface area contributed by atoms with E-state index < -0.39 is 0 Å². The monoisotopic (exact) mass is 126 g/mol. The first-order valence-corrected chi connectivity index (χ1v) is 2.94. The SMILES string of the molecule is C=N/C=C(/C)C=N.CC. The van der Waals surface area contributed by atoms with Crippen molar-refractivity contribution in [2.45, 2.75) is 20.8 Å². The number of hydrogen-bond acceptors (Lipinski definition) is 2. The average Bonchev–Trinajstić information content (AvgIpc) is 1.93. The summed E-state index contributed by atoms with van der Waals surface area (Å²) in [6, 6.07) is 0. The van der Waals surface area contributed by atoms with Gasteiger partial charge in [0, 0.05) is 12.4 Å². The van der Waals surface area contributed by atoms with E-state index >= 15 is 0 Å². The van der Waals surface area contributed by atoms with Gasteiger partial charge in [-0.1, -0.05) is 13.8 Å². The van der Waals surface area contributed by atoms with Gasteiger partial charge >= 0.3 is 0 Å². The highest BCUT2D eigenvalue weighted by atomic mass is 14.6. The van der Waals surface area contributed by atoms with E-state index in [-0.39, 0.29) is 0 Å². The smallest absolute Gasteiger partial charge is 0.0304 e. The van der Waals surface area contributed by atoms with E-state index in [0.29, 0.717) is 0 Å². The number of nitrogens with one attached hydrogen (secondary N) is 1. The van der Waals surface area contributed by atoms with Crippen LogP contribution in [0.3, 0.4) is 0 Å². The summed E-state index contributed by atoms with van der Waals surface area (Å²) in [5.74, 6) is 0. The number of hydrogen-bond donors (Lipinski definition) is 1. The molecule has 2 heteroatoms. The van der Waals surface area contributed by atoms with Gasteiger partial charge in [-0.05, 0) is 19.2 Å². The molecule has 0 fully saturated rings. The van der Waals surface area contributed by atoms with Crippen LogP contribution in [0.25, 0.3) is 0 Å². The van der Waals surface area contributed by atoms with Gasteiger partial charge in [-0.2, -0.15) is 0 Å². The first-order valence-electron chi connectivity index (χ1n) is 2.94. The van der Waals surface area contributed by atoms with Crippen molar-refractivity contribution in [1.82, 2.24) is 0 Å². The predicted molar refractivity (Wildman–Crippen MR) is 43.4 cm³/mol. The number of nitrogens with zero attached hydrogens (tertiary/aromatic N) is 1. The molecule has 0 saturated carbocycles. The molecule has 0 radical (unpaired) electrons. The molecule has 0 rings (SSSR count). The van der Waals surface area contributed by atoms with E-state index in [1.807, 2.05) is 13.8 Å². The minimum Gasteiger partial charge on any atom is -0.308 e. The minimum absolute atomic E-state index is 0.815. The van der Waals surface area contributed by atoms with Crippen LogP contribution >= 0.6 is 0 Å². The summed E-state index contributed by atoms with van der Waals surface area (Å²) in [7, 11) is 0. The van der Waals surface area contributed by atoms with Gasteiger partial charge in [0.05, 0.1) is 0 Å². The fraction of sp³-hybridized carbons (Fsp3) is 0.429. The van der Waals surface area contributed by atoms with Crippen LogP contribution in [-0.4, -0.2) is 12.9 Å². The highest BCUT2D eigenvalue weighted by molar-refractivity contribution is 5.74. The highest BCUT2D eigenvalue weighted by Gasteiger charge is 1.71. The van der Waals surface area contributed by atoms with E-state index in [4.69, 9.17) is 5.41 Å². The summed E-state index contributed by atoms with van der Waals surface area (Å²) in [4.78, 5) is 3.44. The molecule has 0 aliphatic heterocycles. The third kappa shape index (κ3) is 11.0. The maximum absolute atomic E-state index is 6.63. The summed E-state index contributed by atoms with van der Waals surface area (Å²) in [6.45, 7) is 9.01. The van der Waals surface area contributed by atoms with Gasteiger partial charge in [-0.25, -0.2) is 0 Å². The highest BCUT2D eigenvalue weighted by Crippen LogP contribution is 1.83. The van der Waals surface area contributed by atoms with Crippen LogP contribution in [0.5, 0.6) is 0 Å². The van der Waals surface area contributed by atoms with Crippen LogP contribution < -0.4 is 0 Å². The van der Waals surface area contributed by atoms with Gasteiger partial charge < -0.3 is 5.41 Å². The van der Waals surface area contributed by atoms with E-state index in [1.165, 1.54) is 12.4 Å². The summed E-state index contributed by atoms with van der Waals surface area (Å²) in [6.07, 6.45) is 2.77. The molecule has 1 N–H and O–H groups in total. The molecule has 2 nitrogen and oxygen atoms in total. The van der Waals surface area contributed by atoms with E-state index in [1.54, 1.807) is 6.92 Å². The topological polar surface area (TPSA) is 36.2 Å². The molecule has 0 unspecified atom stereocenters. The zero-order valence-electron chi connectivity index (χ0n) is 6.31. The molecule has 0 amide bonds. The second kappa shape index (κ2) is 10.1. The van der Waals surface area contributed by atoms with Gasteiger partial charge in [0.2, 0.25) is 0 Å². The minimum atomic E-state index is 0.815. The van der Waals surface area contributed by atoms with Crippen LogP contribution in [-0.2, 0) is 0 Å². The molecule has 0 saturated heterocycles. The molecule has 0 spiro atoms. The van der Waals surface area contributed by atoms with Crippen molar-refractivity contribution in [3.05, 3.63) is 11.8 Å². The van der Waals surface area contributed by atoms with Crippen molar-refractivity contribution in [3.63, 3.8) is 0 Å². The lowest BCUT2D eigenvalue weighted by Gasteiger charge is -1.78. The number of rotatable bonds is 2. The van der Waals surface area contributed by atoms with Crippen LogP contribution in [0.4, 0.5) is 0 Å². The summed E-state index contributed by atoms with van der Waals surface area (Å²) in [5, 5.41) is 6.63. The summed E-state index contributed by atoms with van der Waals surface area (Å²) >= 11 is 0. The Balaban J connectivity index is 0. The Morgan fingerprint density at radius 3 is 2.11 bits per heavy atom. The van der Waals surface area contributed by atoms with Gasteiger partial charge in [0.25, 0.3) is 0 Å². The molecule has 0 aliphatic rings. The zero-order valence-corrected chi connectivity index (χ0v) is 6.31. The molecule has 0 aromatic rings. The zero-order chi connectivity index (χ0) is 7.70. The van der Waals surface area contributed by atoms with Crippen molar-refractivity contribution in [2.75, 3.05) is 0 Å². The van der Waals surface area contributed by atoms with Crippen molar-refractivity contribution in [2.24, 2.45) is 4.99 Å². The maximum Gasteiger partial charge on any atom is 0.0304 e. The maximum atomic E-state index is 6.63. The number of allylic oxidation sites excluding steroid dienone is 1. The van der Waals surface area contributed by atoms with Crippen molar-refractivity contribution in [3.8, 4) is 0 Å². The standard InChI is InChI=1S/C5H8N2.C2H6/c1-5(3-6)4-7-2;1-2/h3-4,6H,2H2,1H3;1-2H3/b5-4-,6-3?;. The lowest BCUT2D eigenvalue weighted by atomic mass is 10.4. The quantitative estimate of drug-likeness (QED) is 0.551. The Labute approximate surface area is 56.8 Å². The van der Waals surface area contributed by atoms with Crippen LogP contribution in [0.15, 0.2) is 16.8 Å². The van der Waals surface area contributed by atoms with Crippen LogP contribution in [0.1, 0.15) is 20.8 Å². The molecule has 0 heterocycles. The molecule has 52 valence electrons. The average molecular weight is 126 g/mol. The second-order valence-electron chi connectivity index (χ2n) is 1.20. The Morgan fingerprint density at radius 2 is 2.00 bits per heavy atom. The van der Waals surface area contributed by atoms with Crippen molar-refractivity contribution < 1.29 is 0 Å². The van der Waals surface area contributed by atoms with Gasteiger partial charge in [0.1, 0.15) is 0 Å². The normalized spacial score (nSPS) is 9.00. The molecule has 9 heavy (non-hydrogen) atoms. The molecule has 0 atom stereocenters. The summed E-state index contributed by atoms with van der Waals surface area (Å²) in [5.41, 5.74) is 0.815. The Kier molecular flexibility index (Phi) is 12.3. The van der Waals surface area contributed by atoms with Crippen LogP contribution in [0.2, 0.25) is 0 Å². The second-order valence-corrected chi connectivity index (χ2v) is 1.20. The molecule has 0 bridgehead atoms. The first kappa shape index (κ1) is 11.0. The van der Waals surface area contributed by atoms with Crippen molar-refractivity contribution >= 4 is 12.9 Å². The third-order valence-electron chi connectivity index (χ3n) is 0.523. The largest absolute Gasteiger partial charge is 0.308 e. The Bertz CT molecular complexity index is 103. The molecular weight excluding hydrogens is 112 g/mol. The van der Waals surface area contributed by atoms with Gasteiger partial charge in [-0.3, -0.25) is 4.99 Å². The first-order chi connectivity index (χ1) is 4.31. The van der Waals surface area contributed by atoms with Gasteiger partial charge in [-0.15, -0.1) is 0 Å². The fourth-order valence-electron chi connectivity index (χ4n) is 0.181. The lowest BCUT2D eigenvalue weighted by Crippen LogP contribution is -1.69. The van der Waals surface area contributed by atoms with Crippen molar-refractivity contribution in [1.29, 1.82) is 5.41 Å². The third-order valence-corrected chi connectivity index (χ3v) is 0.523. The molecule has 0 aromatic carbocycles. The fourth-order valence-corrected chi connectivity index (χ4v) is 0.181. The van der Waals surface area contributed by atoms with E-state index in [2.05, 4.69) is 11.7 Å². The Hall–Kier alpha value is -0.920. The van der Waals surface area contributed by atoms with Crippen LogP contribution in [0, 0.1) is 5.41 Å². The molecular formula is C7H14N2. The van der Waals surface area contributed by atoms with E-state index in [0.717, 1.165) is 5.57 Å².